The molecule has 7 heteroatoms. The van der Waals surface area contributed by atoms with E-state index in [-0.39, 0.29) is 5.91 Å². The van der Waals surface area contributed by atoms with E-state index in [0.717, 1.165) is 11.3 Å². The predicted molar refractivity (Wildman–Crippen MR) is 88.0 cm³/mol. The van der Waals surface area contributed by atoms with Crippen molar-refractivity contribution >= 4 is 23.3 Å². The topological polar surface area (TPSA) is 83.6 Å². The number of nitrogens with one attached hydrogen (secondary N) is 2. The summed E-state index contributed by atoms with van der Waals surface area (Å²) in [5, 5.41) is 10.4. The standard InChI is InChI=1S/C16H14ClN5O/c17-12-4-1-11(2-5-12)3-6-16(23)20-15-9-14(21-22-15)13-7-8-18-10-19-13/h1-2,4-5,7-10H,3,6H2,(H2,20,21,22,23). The molecule has 0 aliphatic rings. The molecule has 2 heterocycles. The Balaban J connectivity index is 1.56. The summed E-state index contributed by atoms with van der Waals surface area (Å²) in [6.45, 7) is 0. The highest BCUT2D eigenvalue weighted by atomic mass is 35.5. The highest BCUT2D eigenvalue weighted by molar-refractivity contribution is 6.30. The number of aromatic nitrogens is 4. The minimum Gasteiger partial charge on any atom is -0.309 e. The average molecular weight is 328 g/mol. The van der Waals surface area contributed by atoms with Gasteiger partial charge in [-0.25, -0.2) is 9.97 Å². The lowest BCUT2D eigenvalue weighted by atomic mass is 10.1. The SMILES string of the molecule is O=C(CCc1ccc(Cl)cc1)Nc1cc(-c2ccncn2)[nH]n1. The molecule has 23 heavy (non-hydrogen) atoms. The molecule has 0 unspecified atom stereocenters. The molecule has 0 saturated heterocycles. The lowest BCUT2D eigenvalue weighted by Crippen LogP contribution is -2.12. The molecular weight excluding hydrogens is 314 g/mol. The van der Waals surface area contributed by atoms with Crippen LogP contribution >= 0.6 is 11.6 Å². The summed E-state index contributed by atoms with van der Waals surface area (Å²) in [5.41, 5.74) is 2.50. The molecule has 1 aromatic carbocycles. The second-order valence-corrected chi connectivity index (χ2v) is 5.37. The number of halogens is 1. The van der Waals surface area contributed by atoms with Crippen LogP contribution in [0.4, 0.5) is 5.82 Å². The van der Waals surface area contributed by atoms with Gasteiger partial charge in [0, 0.05) is 23.7 Å². The maximum absolute atomic E-state index is 12.0. The van der Waals surface area contributed by atoms with Gasteiger partial charge in [0.25, 0.3) is 0 Å². The minimum absolute atomic E-state index is 0.0966. The van der Waals surface area contributed by atoms with Gasteiger partial charge in [-0.1, -0.05) is 23.7 Å². The van der Waals surface area contributed by atoms with Crippen LogP contribution in [0.3, 0.4) is 0 Å². The summed E-state index contributed by atoms with van der Waals surface area (Å²) < 4.78 is 0. The first kappa shape index (κ1) is 15.2. The van der Waals surface area contributed by atoms with Crippen LogP contribution in [-0.4, -0.2) is 26.1 Å². The smallest absolute Gasteiger partial charge is 0.225 e. The van der Waals surface area contributed by atoms with E-state index in [0.29, 0.717) is 29.4 Å². The minimum atomic E-state index is -0.0966. The third kappa shape index (κ3) is 4.14. The molecule has 0 bridgehead atoms. The summed E-state index contributed by atoms with van der Waals surface area (Å²) in [6, 6.07) is 11.0. The number of amides is 1. The Labute approximate surface area is 137 Å². The highest BCUT2D eigenvalue weighted by Crippen LogP contribution is 2.17. The average Bonchev–Trinajstić information content (AvgIpc) is 3.04. The zero-order valence-corrected chi connectivity index (χ0v) is 12.9. The number of H-pyrrole nitrogens is 1. The van der Waals surface area contributed by atoms with Crippen LogP contribution < -0.4 is 5.32 Å². The van der Waals surface area contributed by atoms with Crippen molar-refractivity contribution in [3.8, 4) is 11.4 Å². The van der Waals surface area contributed by atoms with Crippen molar-refractivity contribution in [2.45, 2.75) is 12.8 Å². The molecule has 2 N–H and O–H groups in total. The number of carbonyl (C=O) groups is 1. The zero-order chi connectivity index (χ0) is 16.1. The van der Waals surface area contributed by atoms with Gasteiger partial charge in [0.05, 0.1) is 11.4 Å². The quantitative estimate of drug-likeness (QED) is 0.754. The molecule has 3 rings (SSSR count). The monoisotopic (exact) mass is 327 g/mol. The Hall–Kier alpha value is -2.73. The second-order valence-electron chi connectivity index (χ2n) is 4.94. The van der Waals surface area contributed by atoms with Crippen LogP contribution in [0, 0.1) is 0 Å². The van der Waals surface area contributed by atoms with Gasteiger partial charge < -0.3 is 5.32 Å². The van der Waals surface area contributed by atoms with Gasteiger partial charge >= 0.3 is 0 Å². The first-order valence-electron chi connectivity index (χ1n) is 7.07. The van der Waals surface area contributed by atoms with E-state index in [1.807, 2.05) is 24.3 Å². The number of aromatic amines is 1. The fraction of sp³-hybridized carbons (Fsp3) is 0.125. The first-order chi connectivity index (χ1) is 11.2. The van der Waals surface area contributed by atoms with E-state index >= 15 is 0 Å². The van der Waals surface area contributed by atoms with Crippen molar-refractivity contribution in [2.24, 2.45) is 0 Å². The van der Waals surface area contributed by atoms with Crippen LogP contribution in [0.25, 0.3) is 11.4 Å². The van der Waals surface area contributed by atoms with Crippen LogP contribution in [-0.2, 0) is 11.2 Å². The van der Waals surface area contributed by atoms with Crippen LogP contribution in [0.5, 0.6) is 0 Å². The van der Waals surface area contributed by atoms with Gasteiger partial charge in [-0.3, -0.25) is 9.89 Å². The molecule has 0 spiro atoms. The van der Waals surface area contributed by atoms with Crippen molar-refractivity contribution in [1.82, 2.24) is 20.2 Å². The van der Waals surface area contributed by atoms with E-state index in [1.54, 1.807) is 18.3 Å². The molecule has 0 fully saturated rings. The summed E-state index contributed by atoms with van der Waals surface area (Å²) in [6.07, 6.45) is 4.12. The van der Waals surface area contributed by atoms with Crippen molar-refractivity contribution in [3.63, 3.8) is 0 Å². The molecule has 0 saturated carbocycles. The molecule has 0 atom stereocenters. The lowest BCUT2D eigenvalue weighted by molar-refractivity contribution is -0.116. The Morgan fingerprint density at radius 3 is 2.78 bits per heavy atom. The largest absolute Gasteiger partial charge is 0.309 e. The summed E-state index contributed by atoms with van der Waals surface area (Å²) in [4.78, 5) is 20.0. The van der Waals surface area contributed by atoms with Crippen molar-refractivity contribution in [2.75, 3.05) is 5.32 Å². The Morgan fingerprint density at radius 2 is 2.04 bits per heavy atom. The normalized spacial score (nSPS) is 10.5. The number of aryl methyl sites for hydroxylation is 1. The lowest BCUT2D eigenvalue weighted by Gasteiger charge is -2.02. The van der Waals surface area contributed by atoms with Crippen molar-refractivity contribution in [1.29, 1.82) is 0 Å². The number of nitrogens with zero attached hydrogens (tertiary/aromatic N) is 3. The number of carbonyl (C=O) groups excluding carboxylic acids is 1. The Kier molecular flexibility index (Phi) is 4.63. The molecule has 0 radical (unpaired) electrons. The van der Waals surface area contributed by atoms with Crippen LogP contribution in [0.2, 0.25) is 5.02 Å². The van der Waals surface area contributed by atoms with E-state index in [4.69, 9.17) is 11.6 Å². The number of hydrogen-bond donors (Lipinski definition) is 2. The van der Waals surface area contributed by atoms with Gasteiger partial charge in [-0.15, -0.1) is 0 Å². The molecule has 1 amide bonds. The summed E-state index contributed by atoms with van der Waals surface area (Å²) in [5.74, 6) is 0.375. The Morgan fingerprint density at radius 1 is 1.22 bits per heavy atom. The van der Waals surface area contributed by atoms with E-state index < -0.39 is 0 Å². The van der Waals surface area contributed by atoms with Gasteiger partial charge in [0.1, 0.15) is 6.33 Å². The van der Waals surface area contributed by atoms with Crippen molar-refractivity contribution < 1.29 is 4.79 Å². The zero-order valence-electron chi connectivity index (χ0n) is 12.2. The maximum Gasteiger partial charge on any atom is 0.225 e. The first-order valence-corrected chi connectivity index (χ1v) is 7.44. The number of rotatable bonds is 5. The molecular formula is C16H14ClN5O. The summed E-state index contributed by atoms with van der Waals surface area (Å²) in [7, 11) is 0. The number of hydrogen-bond acceptors (Lipinski definition) is 4. The molecule has 2 aromatic heterocycles. The van der Waals surface area contributed by atoms with Gasteiger partial charge in [-0.2, -0.15) is 5.10 Å². The molecule has 3 aromatic rings. The van der Waals surface area contributed by atoms with Crippen LogP contribution in [0.15, 0.2) is 48.9 Å². The van der Waals surface area contributed by atoms with E-state index in [2.05, 4.69) is 25.5 Å². The van der Waals surface area contributed by atoms with E-state index in [1.165, 1.54) is 6.33 Å². The number of benzene rings is 1. The van der Waals surface area contributed by atoms with Gasteiger partial charge in [-0.05, 0) is 30.2 Å². The fourth-order valence-electron chi connectivity index (χ4n) is 2.08. The third-order valence-electron chi connectivity index (χ3n) is 3.26. The van der Waals surface area contributed by atoms with Gasteiger partial charge in [0.2, 0.25) is 5.91 Å². The summed E-state index contributed by atoms with van der Waals surface area (Å²) >= 11 is 5.83. The van der Waals surface area contributed by atoms with Gasteiger partial charge in [0.15, 0.2) is 5.82 Å². The third-order valence-corrected chi connectivity index (χ3v) is 3.51. The molecule has 116 valence electrons. The highest BCUT2D eigenvalue weighted by Gasteiger charge is 2.08. The molecule has 0 aliphatic heterocycles. The second kappa shape index (κ2) is 7.02. The maximum atomic E-state index is 12.0. The fourth-order valence-corrected chi connectivity index (χ4v) is 2.21. The molecule has 0 aliphatic carbocycles. The van der Waals surface area contributed by atoms with Crippen LogP contribution in [0.1, 0.15) is 12.0 Å². The van der Waals surface area contributed by atoms with Crippen molar-refractivity contribution in [3.05, 3.63) is 59.5 Å². The van der Waals surface area contributed by atoms with E-state index in [9.17, 15) is 4.79 Å². The number of anilines is 1. The predicted octanol–water partition coefficient (Wildman–Crippen LogP) is 3.09. The Bertz CT molecular complexity index is 786. The molecule has 6 nitrogen and oxygen atoms in total.